The average molecular weight is 365 g/mol. The van der Waals surface area contributed by atoms with E-state index < -0.39 is 59.0 Å². The van der Waals surface area contributed by atoms with Crippen molar-refractivity contribution in [2.75, 3.05) is 4.90 Å². The molecule has 0 saturated carbocycles. The number of nitro groups is 1. The lowest BCUT2D eigenvalue weighted by Gasteiger charge is -2.26. The first-order valence-electron chi connectivity index (χ1n) is 6.39. The number of aromatic nitrogens is 1. The molecule has 1 aromatic heterocycles. The Morgan fingerprint density at radius 3 is 2.40 bits per heavy atom. The second-order valence-electron chi connectivity index (χ2n) is 4.62. The van der Waals surface area contributed by atoms with Crippen LogP contribution in [0.2, 0.25) is 0 Å². The number of aliphatic carboxylic acids is 2. The van der Waals surface area contributed by atoms with Crippen molar-refractivity contribution in [1.29, 1.82) is 0 Å². The molecule has 0 aliphatic heterocycles. The third kappa shape index (κ3) is 4.86. The summed E-state index contributed by atoms with van der Waals surface area (Å²) in [5.41, 5.74) is -2.71. The first kappa shape index (κ1) is 19.8. The molecule has 13 heteroatoms. The number of hydrogen-bond acceptors (Lipinski definition) is 6. The highest BCUT2D eigenvalue weighted by molar-refractivity contribution is 5.88. The van der Waals surface area contributed by atoms with Crippen molar-refractivity contribution >= 4 is 29.9 Å². The number of hydrogen-bond donors (Lipinski definition) is 2. The van der Waals surface area contributed by atoms with E-state index >= 15 is 0 Å². The van der Waals surface area contributed by atoms with Gasteiger partial charge in [0.2, 0.25) is 6.41 Å². The van der Waals surface area contributed by atoms with Gasteiger partial charge in [0.1, 0.15) is 23.6 Å². The molecular weight excluding hydrogens is 355 g/mol. The number of anilines is 1. The summed E-state index contributed by atoms with van der Waals surface area (Å²) in [6.45, 7) is 0. The molecule has 1 amide bonds. The molecule has 0 unspecified atom stereocenters. The minimum atomic E-state index is -5.18. The molecule has 10 nitrogen and oxygen atoms in total. The zero-order valence-corrected chi connectivity index (χ0v) is 12.1. The Hall–Kier alpha value is -3.25. The van der Waals surface area contributed by atoms with E-state index in [0.717, 1.165) is 0 Å². The Morgan fingerprint density at radius 1 is 1.40 bits per heavy atom. The van der Waals surface area contributed by atoms with E-state index in [1.807, 2.05) is 0 Å². The van der Waals surface area contributed by atoms with Crippen LogP contribution >= 0.6 is 0 Å². The maximum atomic E-state index is 13.1. The maximum absolute atomic E-state index is 13.1. The van der Waals surface area contributed by atoms with Crippen LogP contribution in [-0.4, -0.2) is 44.5 Å². The van der Waals surface area contributed by atoms with E-state index in [0.29, 0.717) is 6.20 Å². The zero-order valence-electron chi connectivity index (χ0n) is 12.1. The zero-order chi connectivity index (χ0) is 19.4. The molecule has 1 heterocycles. The van der Waals surface area contributed by atoms with E-state index in [9.17, 15) is 37.7 Å². The summed E-state index contributed by atoms with van der Waals surface area (Å²) in [4.78, 5) is 45.7. The van der Waals surface area contributed by atoms with Crippen LogP contribution in [0.15, 0.2) is 12.3 Å². The summed E-state index contributed by atoms with van der Waals surface area (Å²) < 4.78 is 39.4. The van der Waals surface area contributed by atoms with Gasteiger partial charge < -0.3 is 10.2 Å². The van der Waals surface area contributed by atoms with Gasteiger partial charge in [-0.05, 0) is 6.42 Å². The van der Waals surface area contributed by atoms with Crippen molar-refractivity contribution in [3.8, 4) is 0 Å². The van der Waals surface area contributed by atoms with Crippen LogP contribution in [0, 0.1) is 10.1 Å². The SMILES string of the molecule is O=CN(c1ncc([N+](=O)[O-])cc1C(F)(F)F)[C@@H](CCC(=O)O)C(=O)O. The lowest BCUT2D eigenvalue weighted by Crippen LogP contribution is -2.42. The summed E-state index contributed by atoms with van der Waals surface area (Å²) in [6, 6.07) is -1.85. The van der Waals surface area contributed by atoms with E-state index in [1.165, 1.54) is 0 Å². The largest absolute Gasteiger partial charge is 0.481 e. The molecule has 25 heavy (non-hydrogen) atoms. The molecule has 0 aromatic carbocycles. The van der Waals surface area contributed by atoms with Gasteiger partial charge in [0.25, 0.3) is 5.69 Å². The molecule has 0 bridgehead atoms. The molecule has 2 N–H and O–H groups in total. The number of carboxylic acids is 2. The molecule has 0 spiro atoms. The van der Waals surface area contributed by atoms with Crippen LogP contribution in [0.25, 0.3) is 0 Å². The second kappa shape index (κ2) is 7.55. The number of pyridine rings is 1. The second-order valence-corrected chi connectivity index (χ2v) is 4.62. The minimum Gasteiger partial charge on any atom is -0.481 e. The highest BCUT2D eigenvalue weighted by Gasteiger charge is 2.40. The van der Waals surface area contributed by atoms with Crippen LogP contribution in [-0.2, 0) is 20.6 Å². The van der Waals surface area contributed by atoms with E-state index in [-0.39, 0.29) is 17.4 Å². The Kier molecular flexibility index (Phi) is 5.98. The summed E-state index contributed by atoms with van der Waals surface area (Å²) in [5.74, 6) is -4.36. The topological polar surface area (TPSA) is 151 Å². The van der Waals surface area contributed by atoms with Gasteiger partial charge >= 0.3 is 18.1 Å². The third-order valence-corrected chi connectivity index (χ3v) is 2.98. The Balaban J connectivity index is 3.46. The van der Waals surface area contributed by atoms with Gasteiger partial charge in [-0.25, -0.2) is 9.78 Å². The molecule has 1 rings (SSSR count). The highest BCUT2D eigenvalue weighted by atomic mass is 19.4. The van der Waals surface area contributed by atoms with Crippen molar-refractivity contribution in [3.05, 3.63) is 27.9 Å². The normalized spacial score (nSPS) is 12.3. The van der Waals surface area contributed by atoms with Crippen LogP contribution in [0.3, 0.4) is 0 Å². The number of halogens is 3. The third-order valence-electron chi connectivity index (χ3n) is 2.98. The smallest absolute Gasteiger partial charge is 0.420 e. The Morgan fingerprint density at radius 2 is 2.00 bits per heavy atom. The number of nitrogens with zero attached hydrogens (tertiary/aromatic N) is 3. The summed E-state index contributed by atoms with van der Waals surface area (Å²) in [5, 5.41) is 28.3. The van der Waals surface area contributed by atoms with Crippen LogP contribution in [0.1, 0.15) is 18.4 Å². The standard InChI is InChI=1S/C12H10F3N3O7/c13-12(14,15)7-3-6(18(24)25)4-16-10(7)17(5-19)8(11(22)23)1-2-9(20)21/h3-5,8H,1-2H2,(H,20,21)(H,22,23)/t8-/m0/s1. The van der Waals surface area contributed by atoms with Crippen molar-refractivity contribution < 1.29 is 42.7 Å². The molecule has 1 atom stereocenters. The van der Waals surface area contributed by atoms with Gasteiger partial charge in [-0.15, -0.1) is 0 Å². The molecule has 0 saturated heterocycles. The van der Waals surface area contributed by atoms with Crippen LogP contribution in [0.5, 0.6) is 0 Å². The van der Waals surface area contributed by atoms with Gasteiger partial charge in [0, 0.05) is 12.5 Å². The summed E-state index contributed by atoms with van der Waals surface area (Å²) in [6.07, 6.45) is -6.44. The molecule has 136 valence electrons. The fourth-order valence-electron chi connectivity index (χ4n) is 1.87. The number of carbonyl (C=O) groups is 3. The maximum Gasteiger partial charge on any atom is 0.420 e. The van der Waals surface area contributed by atoms with Crippen molar-refractivity contribution in [2.24, 2.45) is 0 Å². The molecular formula is C12H10F3N3O7. The van der Waals surface area contributed by atoms with Gasteiger partial charge in [0.15, 0.2) is 0 Å². The van der Waals surface area contributed by atoms with Gasteiger partial charge in [0.05, 0.1) is 4.92 Å². The lowest BCUT2D eigenvalue weighted by atomic mass is 10.1. The fraction of sp³-hybridized carbons (Fsp3) is 0.333. The molecule has 1 aromatic rings. The van der Waals surface area contributed by atoms with E-state index in [4.69, 9.17) is 10.2 Å². The van der Waals surface area contributed by atoms with Crippen molar-refractivity contribution in [2.45, 2.75) is 25.1 Å². The van der Waals surface area contributed by atoms with Gasteiger partial charge in [-0.2, -0.15) is 13.2 Å². The first-order chi connectivity index (χ1) is 11.5. The summed E-state index contributed by atoms with van der Waals surface area (Å²) in [7, 11) is 0. The number of alkyl halides is 3. The molecule has 0 aliphatic rings. The Labute approximate surface area is 136 Å². The molecule has 0 radical (unpaired) electrons. The van der Waals surface area contributed by atoms with Crippen molar-refractivity contribution in [3.63, 3.8) is 0 Å². The monoisotopic (exact) mass is 365 g/mol. The van der Waals surface area contributed by atoms with Crippen LogP contribution < -0.4 is 4.90 Å². The molecule has 0 fully saturated rings. The Bertz CT molecular complexity index is 708. The quantitative estimate of drug-likeness (QED) is 0.397. The molecule has 0 aliphatic carbocycles. The average Bonchev–Trinajstić information content (AvgIpc) is 2.49. The number of amides is 1. The van der Waals surface area contributed by atoms with Gasteiger partial charge in [-0.3, -0.25) is 24.6 Å². The van der Waals surface area contributed by atoms with E-state index in [1.54, 1.807) is 0 Å². The predicted octanol–water partition coefficient (Wildman–Crippen LogP) is 1.29. The van der Waals surface area contributed by atoms with E-state index in [2.05, 4.69) is 4.98 Å². The summed E-state index contributed by atoms with van der Waals surface area (Å²) >= 11 is 0. The highest BCUT2D eigenvalue weighted by Crippen LogP contribution is 2.37. The van der Waals surface area contributed by atoms with Crippen molar-refractivity contribution in [1.82, 2.24) is 4.98 Å². The first-order valence-corrected chi connectivity index (χ1v) is 6.39. The minimum absolute atomic E-state index is 0.0812. The van der Waals surface area contributed by atoms with Crippen LogP contribution in [0.4, 0.5) is 24.7 Å². The lowest BCUT2D eigenvalue weighted by molar-refractivity contribution is -0.385. The van der Waals surface area contributed by atoms with Gasteiger partial charge in [-0.1, -0.05) is 0 Å². The number of carboxylic acid groups (broad SMARTS) is 2. The number of rotatable bonds is 8. The predicted molar refractivity (Wildman–Crippen MR) is 72.7 cm³/mol. The fourth-order valence-corrected chi connectivity index (χ4v) is 1.87. The number of carbonyl (C=O) groups excluding carboxylic acids is 1.